The van der Waals surface area contributed by atoms with Crippen molar-refractivity contribution < 1.29 is 0 Å². The molecule has 0 amide bonds. The molecule has 0 bridgehead atoms. The van der Waals surface area contributed by atoms with Crippen LogP contribution in [0.3, 0.4) is 0 Å². The smallest absolute Gasteiger partial charge is 0.0462 e. The molecule has 0 radical (unpaired) electrons. The van der Waals surface area contributed by atoms with Crippen LogP contribution in [0.4, 0.5) is 34.1 Å². The summed E-state index contributed by atoms with van der Waals surface area (Å²) in [6, 6.07) is 68.3. The highest BCUT2D eigenvalue weighted by Crippen LogP contribution is 2.48. The Morgan fingerprint density at radius 1 is 0.198 bits per heavy atom. The molecule has 5 saturated carbocycles. The van der Waals surface area contributed by atoms with E-state index in [9.17, 15) is 0 Å². The highest BCUT2D eigenvalue weighted by molar-refractivity contribution is 5.80. The molecule has 0 spiro atoms. The minimum atomic E-state index is -0.0340. The summed E-state index contributed by atoms with van der Waals surface area (Å²) in [5, 5.41) is 0. The van der Waals surface area contributed by atoms with Gasteiger partial charge in [0, 0.05) is 39.5 Å². The Morgan fingerprint density at radius 3 is 0.651 bits per heavy atom. The zero-order chi connectivity index (χ0) is 58.0. The van der Waals surface area contributed by atoms with E-state index in [-0.39, 0.29) is 5.41 Å². The van der Waals surface area contributed by atoms with Crippen molar-refractivity contribution in [2.45, 2.75) is 267 Å². The first kappa shape index (κ1) is 60.4. The van der Waals surface area contributed by atoms with Gasteiger partial charge in [-0.15, -0.1) is 0 Å². The van der Waals surface area contributed by atoms with Crippen LogP contribution >= 0.6 is 0 Å². The number of benzene rings is 7. The van der Waals surface area contributed by atoms with Gasteiger partial charge in [-0.2, -0.15) is 0 Å². The second-order valence-electron chi connectivity index (χ2n) is 27.9. The molecule has 5 fully saturated rings. The van der Waals surface area contributed by atoms with Gasteiger partial charge in [0.25, 0.3) is 0 Å². The first-order valence-corrected chi connectivity index (χ1v) is 36.0. The molecule has 0 atom stereocenters. The Morgan fingerprint density at radius 2 is 0.384 bits per heavy atom. The number of rotatable bonds is 13. The molecule has 12 rings (SSSR count). The number of hydrogen-bond donors (Lipinski definition) is 0. The van der Waals surface area contributed by atoms with Crippen LogP contribution in [0.5, 0.6) is 0 Å². The molecule has 2 nitrogen and oxygen atoms in total. The monoisotopic (exact) mass is 1140 g/mol. The molecule has 2 heteroatoms. The van der Waals surface area contributed by atoms with E-state index in [4.69, 9.17) is 0 Å². The van der Waals surface area contributed by atoms with E-state index in [1.54, 1.807) is 11.1 Å². The van der Waals surface area contributed by atoms with Gasteiger partial charge in [0.05, 0.1) is 0 Å². The van der Waals surface area contributed by atoms with Gasteiger partial charge in [0.2, 0.25) is 0 Å². The largest absolute Gasteiger partial charge is 0.311 e. The van der Waals surface area contributed by atoms with Crippen LogP contribution in [0, 0.1) is 0 Å². The van der Waals surface area contributed by atoms with E-state index in [0.29, 0.717) is 23.7 Å². The fourth-order valence-electron chi connectivity index (χ4n) is 17.0. The Labute approximate surface area is 522 Å². The zero-order valence-electron chi connectivity index (χ0n) is 53.0. The summed E-state index contributed by atoms with van der Waals surface area (Å²) in [4.78, 5) is 5.06. The van der Waals surface area contributed by atoms with E-state index in [2.05, 4.69) is 180 Å². The third-order valence-electron chi connectivity index (χ3n) is 22.2. The lowest BCUT2D eigenvalue weighted by molar-refractivity contribution is 0.346. The molecule has 7 aromatic rings. The molecule has 7 aromatic carbocycles. The van der Waals surface area contributed by atoms with Gasteiger partial charge in [0.15, 0.2) is 0 Å². The van der Waals surface area contributed by atoms with Crippen molar-refractivity contribution in [3.8, 4) is 11.1 Å². The van der Waals surface area contributed by atoms with Gasteiger partial charge in [-0.3, -0.25) is 0 Å². The third-order valence-corrected chi connectivity index (χ3v) is 22.2. The Balaban J connectivity index is 0.821. The van der Waals surface area contributed by atoms with E-state index in [1.165, 1.54) is 305 Å². The van der Waals surface area contributed by atoms with Gasteiger partial charge < -0.3 is 9.80 Å². The molecule has 5 aliphatic carbocycles. The van der Waals surface area contributed by atoms with Crippen molar-refractivity contribution in [3.63, 3.8) is 0 Å². The molecular weight excluding hydrogens is 1040 g/mol. The standard InChI is InChI=1S/C84H106N2/c1-3-7-11-18-28-66(29-19-12-8-4-1)70-36-38-71(39-37-70)75-46-58-81(59-47-75)86(80-56-44-74(45-57-80)69-34-24-16-25-35-69)83-62-50-77(51-63-83)84(64-26-17-27-65-84)76-48-60-82(61-49-76)85(79-54-42-73(43-55-79)68-32-22-15-23-33-68)78-52-40-72(41-53-78)67-30-20-13-9-5-2-6-10-14-21-31-67/h36-63,66-69H,1-35,64-65H2. The lowest BCUT2D eigenvalue weighted by Gasteiger charge is -2.39. The van der Waals surface area contributed by atoms with Crippen molar-refractivity contribution in [1.82, 2.24) is 0 Å². The average molecular weight is 1140 g/mol. The van der Waals surface area contributed by atoms with Gasteiger partial charge in [-0.25, -0.2) is 0 Å². The Hall–Kier alpha value is -5.86. The second kappa shape index (κ2) is 30.9. The van der Waals surface area contributed by atoms with Crippen LogP contribution in [0.25, 0.3) is 11.1 Å². The summed E-state index contributed by atoms with van der Waals surface area (Å²) in [5.74, 6) is 2.74. The SMILES string of the molecule is c1cc(C2CCCCCCCCCCC2)ccc1-c1ccc(N(c2ccc(C3CCCCC3)cc2)c2ccc(C3(c4ccc(N(c5ccc(C6CCCCCCCCCCC6)cc5)c5ccc(C6CCCCC6)cc5)cc4)CCCCC3)cc2)cc1. The van der Waals surface area contributed by atoms with Crippen molar-refractivity contribution >= 4 is 34.1 Å². The molecule has 0 aliphatic heterocycles. The van der Waals surface area contributed by atoms with Gasteiger partial charge >= 0.3 is 0 Å². The summed E-state index contributed by atoms with van der Waals surface area (Å²) in [5.41, 5.74) is 19.0. The minimum Gasteiger partial charge on any atom is -0.311 e. The molecule has 86 heavy (non-hydrogen) atoms. The van der Waals surface area contributed by atoms with E-state index < -0.39 is 0 Å². The summed E-state index contributed by atoms with van der Waals surface area (Å²) in [6.07, 6.45) is 50.3. The van der Waals surface area contributed by atoms with Crippen molar-refractivity contribution in [2.75, 3.05) is 9.80 Å². The van der Waals surface area contributed by atoms with Crippen molar-refractivity contribution in [2.24, 2.45) is 0 Å². The number of hydrogen-bond acceptors (Lipinski definition) is 2. The molecule has 0 aromatic heterocycles. The van der Waals surface area contributed by atoms with Crippen LogP contribution in [-0.2, 0) is 5.41 Å². The first-order valence-electron chi connectivity index (χ1n) is 36.0. The van der Waals surface area contributed by atoms with Crippen molar-refractivity contribution in [3.05, 3.63) is 203 Å². The average Bonchev–Trinajstić information content (AvgIpc) is 1.63. The van der Waals surface area contributed by atoms with Crippen LogP contribution in [-0.4, -0.2) is 0 Å². The van der Waals surface area contributed by atoms with E-state index in [1.807, 2.05) is 0 Å². The van der Waals surface area contributed by atoms with Crippen LogP contribution < -0.4 is 9.80 Å². The lowest BCUT2D eigenvalue weighted by Crippen LogP contribution is -2.30. The zero-order valence-corrected chi connectivity index (χ0v) is 53.0. The van der Waals surface area contributed by atoms with Crippen LogP contribution in [0.2, 0.25) is 0 Å². The summed E-state index contributed by atoms with van der Waals surface area (Å²) < 4.78 is 0. The molecule has 452 valence electrons. The van der Waals surface area contributed by atoms with Gasteiger partial charge in [-0.05, 0) is 205 Å². The Kier molecular flexibility index (Phi) is 21.7. The number of anilines is 6. The maximum Gasteiger partial charge on any atom is 0.0462 e. The van der Waals surface area contributed by atoms with E-state index in [0.717, 1.165) is 0 Å². The fourth-order valence-corrected chi connectivity index (χ4v) is 17.0. The molecule has 0 saturated heterocycles. The predicted octanol–water partition coefficient (Wildman–Crippen LogP) is 26.4. The summed E-state index contributed by atoms with van der Waals surface area (Å²) in [7, 11) is 0. The predicted molar refractivity (Wildman–Crippen MR) is 370 cm³/mol. The second-order valence-corrected chi connectivity index (χ2v) is 27.9. The summed E-state index contributed by atoms with van der Waals surface area (Å²) in [6.45, 7) is 0. The maximum atomic E-state index is 2.54. The Bertz CT molecular complexity index is 3040. The van der Waals surface area contributed by atoms with Gasteiger partial charge in [0.1, 0.15) is 0 Å². The topological polar surface area (TPSA) is 6.48 Å². The lowest BCUT2D eigenvalue weighted by atomic mass is 9.65. The third kappa shape index (κ3) is 15.3. The summed E-state index contributed by atoms with van der Waals surface area (Å²) >= 11 is 0. The quantitative estimate of drug-likeness (QED) is 0.114. The first-order chi connectivity index (χ1) is 42.6. The van der Waals surface area contributed by atoms with Crippen molar-refractivity contribution in [1.29, 1.82) is 0 Å². The molecule has 0 unspecified atom stereocenters. The molecular formula is C84H106N2. The maximum absolute atomic E-state index is 2.54. The normalized spacial score (nSPS) is 19.9. The van der Waals surface area contributed by atoms with Crippen LogP contribution in [0.1, 0.15) is 295 Å². The fraction of sp³-hybridized carbons (Fsp3) is 0.500. The van der Waals surface area contributed by atoms with Crippen LogP contribution in [0.15, 0.2) is 170 Å². The highest BCUT2D eigenvalue weighted by atomic mass is 15.1. The van der Waals surface area contributed by atoms with Gasteiger partial charge in [-0.1, -0.05) is 270 Å². The highest BCUT2D eigenvalue weighted by Gasteiger charge is 2.36. The molecule has 5 aliphatic rings. The molecule has 0 heterocycles. The van der Waals surface area contributed by atoms with E-state index >= 15 is 0 Å². The number of nitrogens with zero attached hydrogens (tertiary/aromatic N) is 2. The molecule has 0 N–H and O–H groups in total. The minimum absolute atomic E-state index is 0.0340.